The van der Waals surface area contributed by atoms with E-state index >= 15 is 0 Å². The van der Waals surface area contributed by atoms with Gasteiger partial charge >= 0.3 is 12.1 Å². The molecule has 2 fully saturated rings. The van der Waals surface area contributed by atoms with E-state index in [9.17, 15) is 4.79 Å². The Kier molecular flexibility index (Phi) is 7.40. The zero-order valence-electron chi connectivity index (χ0n) is 24.7. The van der Waals surface area contributed by atoms with E-state index in [0.29, 0.717) is 31.7 Å². The molecule has 216 valence electrons. The highest BCUT2D eigenvalue weighted by molar-refractivity contribution is 5.68. The third-order valence-electron chi connectivity index (χ3n) is 9.41. The van der Waals surface area contributed by atoms with Gasteiger partial charge in [0.1, 0.15) is 18.0 Å². The van der Waals surface area contributed by atoms with Crippen molar-refractivity contribution in [1.82, 2.24) is 19.8 Å². The third-order valence-corrected chi connectivity index (χ3v) is 9.41. The quantitative estimate of drug-likeness (QED) is 0.551. The minimum absolute atomic E-state index is 0.235. The molecule has 0 bridgehead atoms. The Morgan fingerprint density at radius 1 is 1.00 bits per heavy atom. The van der Waals surface area contributed by atoms with Gasteiger partial charge in [-0.15, -0.1) is 0 Å². The predicted molar refractivity (Wildman–Crippen MR) is 156 cm³/mol. The van der Waals surface area contributed by atoms with E-state index in [0.717, 1.165) is 64.0 Å². The van der Waals surface area contributed by atoms with Gasteiger partial charge in [-0.2, -0.15) is 9.97 Å². The van der Waals surface area contributed by atoms with Crippen molar-refractivity contribution in [1.29, 1.82) is 0 Å². The Morgan fingerprint density at radius 2 is 1.75 bits per heavy atom. The van der Waals surface area contributed by atoms with Crippen molar-refractivity contribution in [3.05, 3.63) is 46.6 Å². The van der Waals surface area contributed by atoms with Crippen molar-refractivity contribution < 1.29 is 14.3 Å². The maximum atomic E-state index is 12.7. The Morgan fingerprint density at radius 3 is 2.48 bits per heavy atom. The summed E-state index contributed by atoms with van der Waals surface area (Å²) in [7, 11) is 2.18. The number of ether oxygens (including phenoxy) is 2. The van der Waals surface area contributed by atoms with Crippen molar-refractivity contribution >= 4 is 11.9 Å². The normalized spacial score (nSPS) is 25.1. The van der Waals surface area contributed by atoms with Crippen LogP contribution < -0.4 is 9.64 Å². The number of hydrogen-bond donors (Lipinski definition) is 0. The number of piperazine rings is 1. The van der Waals surface area contributed by atoms with Crippen molar-refractivity contribution in [2.45, 2.75) is 83.8 Å². The lowest BCUT2D eigenvalue weighted by atomic mass is 9.63. The van der Waals surface area contributed by atoms with E-state index in [-0.39, 0.29) is 11.5 Å². The van der Waals surface area contributed by atoms with Crippen molar-refractivity contribution in [3.8, 4) is 6.01 Å². The van der Waals surface area contributed by atoms with E-state index in [1.165, 1.54) is 35.2 Å². The number of aromatic nitrogens is 2. The highest BCUT2D eigenvalue weighted by atomic mass is 16.6. The first kappa shape index (κ1) is 27.3. The van der Waals surface area contributed by atoms with Gasteiger partial charge in [-0.3, -0.25) is 0 Å². The monoisotopic (exact) mass is 547 g/mol. The van der Waals surface area contributed by atoms with Gasteiger partial charge in [0.05, 0.1) is 5.69 Å². The topological polar surface area (TPSA) is 71.0 Å². The minimum atomic E-state index is -0.491. The average molecular weight is 548 g/mol. The summed E-state index contributed by atoms with van der Waals surface area (Å²) in [5.41, 5.74) is 5.22. The van der Waals surface area contributed by atoms with Crippen LogP contribution in [0.1, 0.15) is 68.8 Å². The highest BCUT2D eigenvalue weighted by Crippen LogP contribution is 2.46. The molecular formula is C32H45N5O3. The largest absolute Gasteiger partial charge is 0.462 e. The fraction of sp³-hybridized carbons (Fsp3) is 0.656. The maximum Gasteiger partial charge on any atom is 0.410 e. The van der Waals surface area contributed by atoms with Gasteiger partial charge in [-0.25, -0.2) is 4.79 Å². The molecule has 1 aromatic heterocycles. The number of hydrogen-bond acceptors (Lipinski definition) is 7. The van der Waals surface area contributed by atoms with Gasteiger partial charge in [-0.05, 0) is 102 Å². The number of anilines is 1. The van der Waals surface area contributed by atoms with E-state index in [4.69, 9.17) is 19.4 Å². The molecular weight excluding hydrogens is 502 g/mol. The number of likely N-dealkylation sites (tertiary alicyclic amines) is 1. The summed E-state index contributed by atoms with van der Waals surface area (Å²) in [6.07, 6.45) is 8.74. The Hall–Kier alpha value is -2.87. The van der Waals surface area contributed by atoms with E-state index < -0.39 is 5.60 Å². The fourth-order valence-electron chi connectivity index (χ4n) is 7.08. The number of likely N-dealkylation sites (N-methyl/N-ethyl adjacent to an activating group) is 1. The fourth-order valence-corrected chi connectivity index (χ4v) is 7.08. The molecule has 0 N–H and O–H groups in total. The number of aryl methyl sites for hydroxylation is 1. The van der Waals surface area contributed by atoms with E-state index in [2.05, 4.69) is 41.1 Å². The first-order valence-electron chi connectivity index (χ1n) is 15.2. The van der Waals surface area contributed by atoms with Crippen LogP contribution in [0.25, 0.3) is 0 Å². The number of carbonyl (C=O) groups excluding carboxylic acids is 1. The molecule has 2 aliphatic carbocycles. The summed E-state index contributed by atoms with van der Waals surface area (Å²) >= 11 is 0. The number of carbonyl (C=O) groups is 1. The number of rotatable bonds is 4. The molecule has 4 aliphatic rings. The molecule has 40 heavy (non-hydrogen) atoms. The molecule has 2 saturated heterocycles. The number of amides is 1. The second-order valence-corrected chi connectivity index (χ2v) is 13.4. The molecule has 1 aromatic carbocycles. The molecule has 2 aromatic rings. The lowest BCUT2D eigenvalue weighted by molar-refractivity contribution is 0.0240. The van der Waals surface area contributed by atoms with Gasteiger partial charge < -0.3 is 24.2 Å². The average Bonchev–Trinajstić information content (AvgIpc) is 3.35. The van der Waals surface area contributed by atoms with Crippen LogP contribution in [0.15, 0.2) is 24.3 Å². The number of benzene rings is 1. The summed E-state index contributed by atoms with van der Waals surface area (Å²) in [5, 5.41) is 0. The molecule has 1 spiro atoms. The van der Waals surface area contributed by atoms with Crippen LogP contribution in [-0.4, -0.2) is 83.9 Å². The maximum absolute atomic E-state index is 12.7. The highest BCUT2D eigenvalue weighted by Gasteiger charge is 2.40. The van der Waals surface area contributed by atoms with E-state index in [1.54, 1.807) is 0 Å². The lowest BCUT2D eigenvalue weighted by Gasteiger charge is -2.43. The standard InChI is InChI=1S/C32H45N5O3/c1-31(2,3)40-30(38)37-18-16-36(17-19-37)28-26-12-14-32(13-11-23-8-5-6-9-24(23)20-32)21-27(26)33-29(34-28)39-22-25-10-7-15-35(25)4/h5-6,8-9,25H,7,10-22H2,1-4H3/t25-,32+/m0/s1. The van der Waals surface area contributed by atoms with Crippen molar-refractivity contribution in [2.75, 3.05) is 51.3 Å². The van der Waals surface area contributed by atoms with Gasteiger partial charge in [0.15, 0.2) is 0 Å². The van der Waals surface area contributed by atoms with Crippen LogP contribution in [0.4, 0.5) is 10.6 Å². The smallest absolute Gasteiger partial charge is 0.410 e. The minimum Gasteiger partial charge on any atom is -0.462 e. The molecule has 6 rings (SSSR count). The molecule has 8 nitrogen and oxygen atoms in total. The third kappa shape index (κ3) is 5.78. The summed E-state index contributed by atoms with van der Waals surface area (Å²) in [6.45, 7) is 10.2. The Balaban J connectivity index is 1.23. The van der Waals surface area contributed by atoms with Gasteiger partial charge in [0, 0.05) is 37.8 Å². The molecule has 2 aliphatic heterocycles. The molecule has 1 amide bonds. The second kappa shape index (κ2) is 10.8. The molecule has 0 radical (unpaired) electrons. The zero-order valence-corrected chi connectivity index (χ0v) is 24.7. The summed E-state index contributed by atoms with van der Waals surface area (Å²) in [5.74, 6) is 1.01. The van der Waals surface area contributed by atoms with Crippen LogP contribution >= 0.6 is 0 Å². The Bertz CT molecular complexity index is 1240. The van der Waals surface area contributed by atoms with Gasteiger partial charge in [0.25, 0.3) is 0 Å². The van der Waals surface area contributed by atoms with Crippen molar-refractivity contribution in [3.63, 3.8) is 0 Å². The second-order valence-electron chi connectivity index (χ2n) is 13.4. The summed E-state index contributed by atoms with van der Waals surface area (Å²) < 4.78 is 12.0. The predicted octanol–water partition coefficient (Wildman–Crippen LogP) is 4.67. The Labute approximate surface area is 239 Å². The first-order chi connectivity index (χ1) is 19.2. The zero-order chi connectivity index (χ0) is 27.9. The lowest BCUT2D eigenvalue weighted by Crippen LogP contribution is -2.50. The van der Waals surface area contributed by atoms with Crippen molar-refractivity contribution in [2.24, 2.45) is 5.41 Å². The van der Waals surface area contributed by atoms with Gasteiger partial charge in [-0.1, -0.05) is 24.3 Å². The molecule has 3 heterocycles. The van der Waals surface area contributed by atoms with Crippen LogP contribution in [0.5, 0.6) is 6.01 Å². The van der Waals surface area contributed by atoms with Crippen LogP contribution in [0.2, 0.25) is 0 Å². The molecule has 0 saturated carbocycles. The van der Waals surface area contributed by atoms with Crippen LogP contribution in [0.3, 0.4) is 0 Å². The summed E-state index contributed by atoms with van der Waals surface area (Å²) in [6, 6.07) is 9.88. The molecule has 8 heteroatoms. The summed E-state index contributed by atoms with van der Waals surface area (Å²) in [4.78, 5) is 29.3. The van der Waals surface area contributed by atoms with Crippen LogP contribution in [0, 0.1) is 5.41 Å². The number of fused-ring (bicyclic) bond motifs is 2. The number of nitrogens with zero attached hydrogens (tertiary/aromatic N) is 5. The van der Waals surface area contributed by atoms with Gasteiger partial charge in [0.2, 0.25) is 0 Å². The van der Waals surface area contributed by atoms with E-state index in [1.807, 2.05) is 25.7 Å². The SMILES string of the molecule is CN1CCC[C@H]1COc1nc2c(c(N3CCN(C(=O)OC(C)(C)C)CC3)n1)CC[C@@]1(CCc3ccccc3C1)C2. The van der Waals surface area contributed by atoms with Crippen LogP contribution in [-0.2, 0) is 30.4 Å². The molecule has 2 atom stereocenters. The first-order valence-corrected chi connectivity index (χ1v) is 15.2. The molecule has 0 unspecified atom stereocenters.